The van der Waals surface area contributed by atoms with E-state index in [1.54, 1.807) is 0 Å². The second kappa shape index (κ2) is 5.10. The first-order valence-electron chi connectivity index (χ1n) is 7.63. The minimum absolute atomic E-state index is 1.00. The van der Waals surface area contributed by atoms with E-state index in [9.17, 15) is 0 Å². The molecule has 0 aromatic rings. The average Bonchev–Trinajstić information content (AvgIpc) is 2.30. The van der Waals surface area contributed by atoms with Crippen molar-refractivity contribution < 1.29 is 0 Å². The molecule has 2 rings (SSSR count). The van der Waals surface area contributed by atoms with Gasteiger partial charge in [0.25, 0.3) is 0 Å². The molecule has 0 N–H and O–H groups in total. The van der Waals surface area contributed by atoms with Gasteiger partial charge in [-0.3, -0.25) is 0 Å². The van der Waals surface area contributed by atoms with Gasteiger partial charge in [0.2, 0.25) is 0 Å². The largest absolute Gasteiger partial charge is 0.0651 e. The fourth-order valence-corrected chi connectivity index (χ4v) is 4.02. The fraction of sp³-hybridized carbons (Fsp3) is 1.00. The third-order valence-corrected chi connectivity index (χ3v) is 6.05. The van der Waals surface area contributed by atoms with Gasteiger partial charge >= 0.3 is 0 Å². The molecule has 2 fully saturated rings. The van der Waals surface area contributed by atoms with Crippen LogP contribution in [0.4, 0.5) is 0 Å². The van der Waals surface area contributed by atoms with E-state index >= 15 is 0 Å². The highest BCUT2D eigenvalue weighted by molar-refractivity contribution is 4.88. The zero-order chi connectivity index (χ0) is 11.7. The second-order valence-electron chi connectivity index (χ2n) is 6.80. The van der Waals surface area contributed by atoms with Crippen LogP contribution in [0.1, 0.15) is 66.2 Å². The molecule has 0 heteroatoms. The van der Waals surface area contributed by atoms with E-state index in [0.717, 1.165) is 35.5 Å². The maximum Gasteiger partial charge on any atom is -0.0355 e. The van der Waals surface area contributed by atoms with Crippen LogP contribution in [0.15, 0.2) is 0 Å². The van der Waals surface area contributed by atoms with Gasteiger partial charge in [0.15, 0.2) is 0 Å². The van der Waals surface area contributed by atoms with Crippen LogP contribution in [-0.2, 0) is 0 Å². The summed E-state index contributed by atoms with van der Waals surface area (Å²) >= 11 is 0. The second-order valence-corrected chi connectivity index (χ2v) is 6.80. The molecule has 0 spiro atoms. The normalized spacial score (nSPS) is 44.6. The molecule has 0 nitrogen and oxygen atoms in total. The minimum Gasteiger partial charge on any atom is -0.0651 e. The minimum atomic E-state index is 1.00. The molecule has 0 amide bonds. The first-order valence-corrected chi connectivity index (χ1v) is 7.63. The zero-order valence-electron chi connectivity index (χ0n) is 11.7. The summed E-state index contributed by atoms with van der Waals surface area (Å²) in [6, 6.07) is 0. The van der Waals surface area contributed by atoms with Crippen LogP contribution in [0.3, 0.4) is 0 Å². The van der Waals surface area contributed by atoms with Crippen LogP contribution < -0.4 is 0 Å². The molecule has 0 heterocycles. The lowest BCUT2D eigenvalue weighted by Crippen LogP contribution is -2.38. The Balaban J connectivity index is 1.73. The van der Waals surface area contributed by atoms with Crippen LogP contribution in [-0.4, -0.2) is 0 Å². The van der Waals surface area contributed by atoms with E-state index in [4.69, 9.17) is 0 Å². The molecule has 0 bridgehead atoms. The van der Waals surface area contributed by atoms with Crippen molar-refractivity contribution >= 4 is 0 Å². The summed E-state index contributed by atoms with van der Waals surface area (Å²) < 4.78 is 0. The number of rotatable bonds is 5. The van der Waals surface area contributed by atoms with Gasteiger partial charge in [-0.25, -0.2) is 0 Å². The molecule has 6 atom stereocenters. The summed E-state index contributed by atoms with van der Waals surface area (Å²) in [5.74, 6) is 6.23. The van der Waals surface area contributed by atoms with E-state index in [0.29, 0.717) is 0 Å². The summed E-state index contributed by atoms with van der Waals surface area (Å²) in [7, 11) is 0. The first-order chi connectivity index (χ1) is 7.63. The fourth-order valence-electron chi connectivity index (χ4n) is 4.02. The molecule has 0 aromatic carbocycles. The molecule has 94 valence electrons. The maximum atomic E-state index is 2.48. The van der Waals surface area contributed by atoms with Crippen molar-refractivity contribution in [1.29, 1.82) is 0 Å². The lowest BCUT2D eigenvalue weighted by Gasteiger charge is -2.46. The molecule has 0 saturated heterocycles. The maximum absolute atomic E-state index is 2.48. The molecule has 0 aliphatic heterocycles. The van der Waals surface area contributed by atoms with Crippen LogP contribution in [0.2, 0.25) is 0 Å². The highest BCUT2D eigenvalue weighted by atomic mass is 14.4. The standard InChI is InChI=1S/C16H30/c1-5-14(16-10-12(3)13(16)4)8-9-15-7-6-11(15)2/h11-16H,5-10H2,1-4H3. The van der Waals surface area contributed by atoms with Crippen molar-refractivity contribution in [3.8, 4) is 0 Å². The van der Waals surface area contributed by atoms with Gasteiger partial charge in [-0.05, 0) is 61.2 Å². The molecule has 2 aliphatic carbocycles. The summed E-state index contributed by atoms with van der Waals surface area (Å²) in [5.41, 5.74) is 0. The Kier molecular flexibility index (Phi) is 3.97. The van der Waals surface area contributed by atoms with Gasteiger partial charge in [-0.2, -0.15) is 0 Å². The molecule has 16 heavy (non-hydrogen) atoms. The van der Waals surface area contributed by atoms with E-state index in [-0.39, 0.29) is 0 Å². The van der Waals surface area contributed by atoms with Crippen LogP contribution in [0, 0.1) is 35.5 Å². The highest BCUT2D eigenvalue weighted by Gasteiger charge is 2.39. The van der Waals surface area contributed by atoms with Gasteiger partial charge < -0.3 is 0 Å². The van der Waals surface area contributed by atoms with Crippen molar-refractivity contribution in [2.45, 2.75) is 66.2 Å². The summed E-state index contributed by atoms with van der Waals surface area (Å²) in [6.45, 7) is 9.77. The molecular weight excluding hydrogens is 192 g/mol. The Morgan fingerprint density at radius 2 is 1.81 bits per heavy atom. The van der Waals surface area contributed by atoms with Crippen LogP contribution in [0.5, 0.6) is 0 Å². The monoisotopic (exact) mass is 222 g/mol. The Morgan fingerprint density at radius 1 is 1.06 bits per heavy atom. The molecule has 2 saturated carbocycles. The van der Waals surface area contributed by atoms with E-state index in [2.05, 4.69) is 27.7 Å². The third-order valence-electron chi connectivity index (χ3n) is 6.05. The number of hydrogen-bond acceptors (Lipinski definition) is 0. The van der Waals surface area contributed by atoms with Crippen molar-refractivity contribution in [3.05, 3.63) is 0 Å². The Labute approximate surface area is 102 Å². The van der Waals surface area contributed by atoms with Gasteiger partial charge in [0, 0.05) is 0 Å². The summed E-state index contributed by atoms with van der Waals surface area (Å²) in [5, 5.41) is 0. The third kappa shape index (κ3) is 2.31. The molecular formula is C16H30. The molecule has 0 aromatic heterocycles. The quantitative estimate of drug-likeness (QED) is 0.605. The lowest BCUT2D eigenvalue weighted by atomic mass is 9.59. The Bertz CT molecular complexity index is 220. The van der Waals surface area contributed by atoms with E-state index in [1.165, 1.54) is 38.5 Å². The van der Waals surface area contributed by atoms with E-state index in [1.807, 2.05) is 0 Å². The smallest absolute Gasteiger partial charge is 0.0355 e. The molecule has 2 aliphatic rings. The van der Waals surface area contributed by atoms with Crippen molar-refractivity contribution in [3.63, 3.8) is 0 Å². The topological polar surface area (TPSA) is 0 Å². The Morgan fingerprint density at radius 3 is 2.19 bits per heavy atom. The summed E-state index contributed by atoms with van der Waals surface area (Å²) in [4.78, 5) is 0. The lowest BCUT2D eigenvalue weighted by molar-refractivity contribution is 0.0346. The highest BCUT2D eigenvalue weighted by Crippen LogP contribution is 2.48. The average molecular weight is 222 g/mol. The van der Waals surface area contributed by atoms with Crippen LogP contribution in [0.25, 0.3) is 0 Å². The van der Waals surface area contributed by atoms with Crippen molar-refractivity contribution in [2.75, 3.05) is 0 Å². The zero-order valence-corrected chi connectivity index (χ0v) is 11.7. The molecule has 6 unspecified atom stereocenters. The predicted molar refractivity (Wildman–Crippen MR) is 71.3 cm³/mol. The SMILES string of the molecule is CCC(CCC1CCC1C)C1CC(C)C1C. The number of hydrogen-bond donors (Lipinski definition) is 0. The van der Waals surface area contributed by atoms with Gasteiger partial charge in [-0.1, -0.05) is 40.5 Å². The van der Waals surface area contributed by atoms with E-state index < -0.39 is 0 Å². The van der Waals surface area contributed by atoms with Gasteiger partial charge in [-0.15, -0.1) is 0 Å². The van der Waals surface area contributed by atoms with Gasteiger partial charge in [0.1, 0.15) is 0 Å². The molecule has 0 radical (unpaired) electrons. The van der Waals surface area contributed by atoms with Gasteiger partial charge in [0.05, 0.1) is 0 Å². The predicted octanol–water partition coefficient (Wildman–Crippen LogP) is 5.13. The Hall–Kier alpha value is 0. The van der Waals surface area contributed by atoms with Crippen molar-refractivity contribution in [1.82, 2.24) is 0 Å². The summed E-state index contributed by atoms with van der Waals surface area (Å²) in [6.07, 6.45) is 9.00. The van der Waals surface area contributed by atoms with Crippen LogP contribution >= 0.6 is 0 Å². The van der Waals surface area contributed by atoms with Crippen molar-refractivity contribution in [2.24, 2.45) is 35.5 Å². The first kappa shape index (κ1) is 12.5.